The van der Waals surface area contributed by atoms with E-state index in [0.717, 1.165) is 42.7 Å². The second-order valence-electron chi connectivity index (χ2n) is 9.08. The molecule has 2 aromatic carbocycles. The average molecular weight is 435 g/mol. The number of ether oxygens (including phenoxy) is 1. The van der Waals surface area contributed by atoms with Gasteiger partial charge in [0.1, 0.15) is 17.5 Å². The van der Waals surface area contributed by atoms with Gasteiger partial charge in [-0.1, -0.05) is 56.0 Å². The second-order valence-corrected chi connectivity index (χ2v) is 9.08. The SMILES string of the molecule is O=C1NCCCCC1N(Cc1cccc(Oc2ccccc2)c1)C(=O)CCC1CCCC1. The molecule has 5 nitrogen and oxygen atoms in total. The molecule has 2 amide bonds. The summed E-state index contributed by atoms with van der Waals surface area (Å²) < 4.78 is 5.98. The van der Waals surface area contributed by atoms with Crippen molar-refractivity contribution in [3.63, 3.8) is 0 Å². The van der Waals surface area contributed by atoms with E-state index >= 15 is 0 Å². The fraction of sp³-hybridized carbons (Fsp3) is 0.481. The number of benzene rings is 2. The molecule has 1 N–H and O–H groups in total. The molecule has 1 aliphatic carbocycles. The minimum Gasteiger partial charge on any atom is -0.457 e. The molecular formula is C27H34N2O3. The van der Waals surface area contributed by atoms with Crippen LogP contribution in [0.4, 0.5) is 0 Å². The Kier molecular flexibility index (Phi) is 7.81. The van der Waals surface area contributed by atoms with Crippen molar-refractivity contribution < 1.29 is 14.3 Å². The molecule has 1 heterocycles. The Labute approximate surface area is 191 Å². The van der Waals surface area contributed by atoms with Gasteiger partial charge in [-0.05, 0) is 61.4 Å². The smallest absolute Gasteiger partial charge is 0.242 e. The predicted octanol–water partition coefficient (Wildman–Crippen LogP) is 5.45. The summed E-state index contributed by atoms with van der Waals surface area (Å²) in [6, 6.07) is 17.1. The summed E-state index contributed by atoms with van der Waals surface area (Å²) in [7, 11) is 0. The van der Waals surface area contributed by atoms with Gasteiger partial charge >= 0.3 is 0 Å². The summed E-state index contributed by atoms with van der Waals surface area (Å²) >= 11 is 0. The van der Waals surface area contributed by atoms with E-state index in [4.69, 9.17) is 4.74 Å². The third-order valence-corrected chi connectivity index (χ3v) is 6.67. The van der Waals surface area contributed by atoms with Crippen molar-refractivity contribution in [3.8, 4) is 11.5 Å². The molecule has 1 atom stereocenters. The molecule has 4 rings (SSSR count). The summed E-state index contributed by atoms with van der Waals surface area (Å²) in [5.41, 5.74) is 0.977. The lowest BCUT2D eigenvalue weighted by atomic mass is 10.00. The zero-order valence-corrected chi connectivity index (χ0v) is 18.8. The highest BCUT2D eigenvalue weighted by Gasteiger charge is 2.31. The lowest BCUT2D eigenvalue weighted by molar-refractivity contribution is -0.141. The Balaban J connectivity index is 1.49. The average Bonchev–Trinajstić information content (AvgIpc) is 3.24. The summed E-state index contributed by atoms with van der Waals surface area (Å²) in [6.07, 6.45) is 9.12. The molecule has 0 spiro atoms. The molecule has 2 fully saturated rings. The fourth-order valence-electron chi connectivity index (χ4n) is 4.89. The monoisotopic (exact) mass is 434 g/mol. The first-order chi connectivity index (χ1) is 15.7. The Bertz CT molecular complexity index is 893. The Hall–Kier alpha value is -2.82. The topological polar surface area (TPSA) is 58.6 Å². The normalized spacial score (nSPS) is 19.2. The van der Waals surface area contributed by atoms with E-state index in [1.807, 2.05) is 59.5 Å². The van der Waals surface area contributed by atoms with Crippen molar-refractivity contribution in [1.29, 1.82) is 0 Å². The van der Waals surface area contributed by atoms with Crippen LogP contribution in [0.5, 0.6) is 11.5 Å². The lowest BCUT2D eigenvalue weighted by Crippen LogP contribution is -2.48. The number of hydrogen-bond acceptors (Lipinski definition) is 3. The first kappa shape index (κ1) is 22.4. The molecule has 32 heavy (non-hydrogen) atoms. The molecular weight excluding hydrogens is 400 g/mol. The summed E-state index contributed by atoms with van der Waals surface area (Å²) in [5, 5.41) is 3.00. The zero-order chi connectivity index (χ0) is 22.2. The lowest BCUT2D eigenvalue weighted by Gasteiger charge is -2.30. The number of hydrogen-bond donors (Lipinski definition) is 1. The van der Waals surface area contributed by atoms with Gasteiger partial charge in [-0.2, -0.15) is 0 Å². The maximum absolute atomic E-state index is 13.4. The van der Waals surface area contributed by atoms with Gasteiger partial charge in [0.15, 0.2) is 0 Å². The van der Waals surface area contributed by atoms with Crippen LogP contribution in [0.3, 0.4) is 0 Å². The number of amides is 2. The third kappa shape index (κ3) is 6.12. The molecule has 2 aromatic rings. The van der Waals surface area contributed by atoms with Crippen LogP contribution in [0.1, 0.15) is 63.4 Å². The van der Waals surface area contributed by atoms with Crippen LogP contribution in [0.25, 0.3) is 0 Å². The van der Waals surface area contributed by atoms with Crippen LogP contribution < -0.4 is 10.1 Å². The second kappa shape index (κ2) is 11.2. The number of nitrogens with one attached hydrogen (secondary N) is 1. The van der Waals surface area contributed by atoms with Crippen molar-refractivity contribution in [2.75, 3.05) is 6.54 Å². The zero-order valence-electron chi connectivity index (χ0n) is 18.8. The Morgan fingerprint density at radius 3 is 2.50 bits per heavy atom. The van der Waals surface area contributed by atoms with Gasteiger partial charge in [0, 0.05) is 19.5 Å². The van der Waals surface area contributed by atoms with Gasteiger partial charge in [-0.3, -0.25) is 9.59 Å². The molecule has 2 aliphatic rings. The van der Waals surface area contributed by atoms with Gasteiger partial charge in [0.2, 0.25) is 11.8 Å². The van der Waals surface area contributed by atoms with Crippen LogP contribution in [-0.4, -0.2) is 29.3 Å². The van der Waals surface area contributed by atoms with Gasteiger partial charge in [-0.25, -0.2) is 0 Å². The molecule has 0 aromatic heterocycles. The Morgan fingerprint density at radius 1 is 0.938 bits per heavy atom. The summed E-state index contributed by atoms with van der Waals surface area (Å²) in [5.74, 6) is 2.24. The quantitative estimate of drug-likeness (QED) is 0.601. The van der Waals surface area contributed by atoms with Crippen LogP contribution in [0.15, 0.2) is 54.6 Å². The minimum absolute atomic E-state index is 0.0200. The molecule has 1 saturated heterocycles. The molecule has 0 radical (unpaired) electrons. The first-order valence-corrected chi connectivity index (χ1v) is 12.1. The molecule has 1 aliphatic heterocycles. The first-order valence-electron chi connectivity index (χ1n) is 12.1. The predicted molar refractivity (Wildman–Crippen MR) is 125 cm³/mol. The number of nitrogens with zero attached hydrogens (tertiary/aromatic N) is 1. The molecule has 0 bridgehead atoms. The molecule has 1 saturated carbocycles. The number of carbonyl (C=O) groups is 2. The van der Waals surface area contributed by atoms with Crippen molar-refractivity contribution >= 4 is 11.8 Å². The summed E-state index contributed by atoms with van der Waals surface area (Å²) in [4.78, 5) is 28.0. The highest BCUT2D eigenvalue weighted by molar-refractivity contribution is 5.87. The van der Waals surface area contributed by atoms with E-state index in [9.17, 15) is 9.59 Å². The van der Waals surface area contributed by atoms with Crippen molar-refractivity contribution in [3.05, 3.63) is 60.2 Å². The van der Waals surface area contributed by atoms with E-state index in [0.29, 0.717) is 25.4 Å². The van der Waals surface area contributed by atoms with Gasteiger partial charge < -0.3 is 15.0 Å². The van der Waals surface area contributed by atoms with E-state index in [1.165, 1.54) is 25.7 Å². The maximum Gasteiger partial charge on any atom is 0.242 e. The van der Waals surface area contributed by atoms with Crippen LogP contribution >= 0.6 is 0 Å². The number of rotatable bonds is 8. The van der Waals surface area contributed by atoms with Gasteiger partial charge in [-0.15, -0.1) is 0 Å². The number of carbonyl (C=O) groups excluding carboxylic acids is 2. The third-order valence-electron chi connectivity index (χ3n) is 6.67. The highest BCUT2D eigenvalue weighted by Crippen LogP contribution is 2.30. The van der Waals surface area contributed by atoms with Crippen LogP contribution in [0.2, 0.25) is 0 Å². The van der Waals surface area contributed by atoms with Gasteiger partial charge in [0.05, 0.1) is 0 Å². The Morgan fingerprint density at radius 2 is 1.69 bits per heavy atom. The van der Waals surface area contributed by atoms with Crippen molar-refractivity contribution in [2.24, 2.45) is 5.92 Å². The fourth-order valence-corrected chi connectivity index (χ4v) is 4.89. The summed E-state index contributed by atoms with van der Waals surface area (Å²) in [6.45, 7) is 1.12. The van der Waals surface area contributed by atoms with Crippen LogP contribution in [0, 0.1) is 5.92 Å². The van der Waals surface area contributed by atoms with Crippen molar-refractivity contribution in [2.45, 2.75) is 70.4 Å². The van der Waals surface area contributed by atoms with E-state index in [-0.39, 0.29) is 11.8 Å². The van der Waals surface area contributed by atoms with E-state index in [2.05, 4.69) is 5.32 Å². The van der Waals surface area contributed by atoms with E-state index in [1.54, 1.807) is 0 Å². The maximum atomic E-state index is 13.4. The molecule has 170 valence electrons. The molecule has 5 heteroatoms. The number of para-hydroxylation sites is 1. The largest absolute Gasteiger partial charge is 0.457 e. The van der Waals surface area contributed by atoms with Crippen LogP contribution in [-0.2, 0) is 16.1 Å². The van der Waals surface area contributed by atoms with Gasteiger partial charge in [0.25, 0.3) is 0 Å². The molecule has 1 unspecified atom stereocenters. The minimum atomic E-state index is -0.396. The highest BCUT2D eigenvalue weighted by atomic mass is 16.5. The standard InChI is InChI=1S/C27H34N2O3/c30-26(17-16-21-9-4-5-10-21)29(25-15-6-7-18-28-27(25)31)20-22-11-8-14-24(19-22)32-23-12-2-1-3-13-23/h1-3,8,11-14,19,21,25H,4-7,9-10,15-18,20H2,(H,28,31). The van der Waals surface area contributed by atoms with E-state index < -0.39 is 6.04 Å². The van der Waals surface area contributed by atoms with Crippen molar-refractivity contribution in [1.82, 2.24) is 10.2 Å².